The van der Waals surface area contributed by atoms with Crippen LogP contribution < -0.4 is 13.7 Å². The zero-order valence-corrected chi connectivity index (χ0v) is 13.0. The molecule has 19 heavy (non-hydrogen) atoms. The normalized spacial score (nSPS) is 12.6. The van der Waals surface area contributed by atoms with E-state index in [1.807, 2.05) is 0 Å². The summed E-state index contributed by atoms with van der Waals surface area (Å²) in [7, 11) is 1.39. The molecule has 0 aliphatic carbocycles. The number of fused-ring (bicyclic) bond motifs is 1. The van der Waals surface area contributed by atoms with Gasteiger partial charge < -0.3 is 0 Å². The van der Waals surface area contributed by atoms with E-state index in [1.165, 1.54) is 31.8 Å². The van der Waals surface area contributed by atoms with Crippen LogP contribution in [-0.2, 0) is 11.2 Å². The third-order valence-electron chi connectivity index (χ3n) is 2.89. The molecule has 0 aliphatic rings. The molecule has 2 rings (SSSR count). The molecule has 1 aromatic heterocycles. The maximum atomic E-state index is 13.9. The van der Waals surface area contributed by atoms with Gasteiger partial charge in [0.25, 0.3) is 0 Å². The quantitative estimate of drug-likeness (QED) is 0.617. The number of carboxylic acid groups (broad SMARTS) is 1. The predicted octanol–water partition coefficient (Wildman–Crippen LogP) is 0.445. The molecule has 2 aromatic rings. The molecule has 102 valence electrons. The molecule has 0 spiro atoms. The summed E-state index contributed by atoms with van der Waals surface area (Å²) >= 11 is 1.19. The predicted molar refractivity (Wildman–Crippen MR) is 63.8 cm³/mol. The summed E-state index contributed by atoms with van der Waals surface area (Å²) in [5.74, 6) is -1.32. The maximum absolute atomic E-state index is 13.9. The summed E-state index contributed by atoms with van der Waals surface area (Å²) in [5, 5.41) is 9.58. The number of halogens is 1. The van der Waals surface area contributed by atoms with E-state index in [2.05, 4.69) is 4.98 Å². The van der Waals surface area contributed by atoms with Crippen molar-refractivity contribution in [1.82, 2.24) is 4.98 Å². The first kappa shape index (κ1) is 14.2. The second-order valence-electron chi connectivity index (χ2n) is 4.09. The van der Waals surface area contributed by atoms with Crippen LogP contribution in [0.1, 0.15) is 5.56 Å². The van der Waals surface area contributed by atoms with Crippen molar-refractivity contribution in [3.8, 4) is 5.75 Å². The van der Waals surface area contributed by atoms with E-state index in [1.54, 1.807) is 12.3 Å². The van der Waals surface area contributed by atoms with Crippen LogP contribution >= 0.6 is 0 Å². The summed E-state index contributed by atoms with van der Waals surface area (Å²) in [6.45, 7) is 0. The van der Waals surface area contributed by atoms with E-state index in [9.17, 15) is 9.18 Å². The van der Waals surface area contributed by atoms with Crippen LogP contribution in [0.15, 0.2) is 12.3 Å². The Balaban J connectivity index is 2.53. The van der Waals surface area contributed by atoms with Crippen LogP contribution in [0.5, 0.6) is 5.75 Å². The molecule has 0 radical (unpaired) electrons. The molecular weight excluding hydrogens is 449 g/mol. The van der Waals surface area contributed by atoms with Crippen molar-refractivity contribution in [1.29, 1.82) is 0 Å². The molecule has 0 saturated heterocycles. The monoisotopic (exact) mass is 461 g/mol. The van der Waals surface area contributed by atoms with Gasteiger partial charge in [0.15, 0.2) is 0 Å². The van der Waals surface area contributed by atoms with Crippen LogP contribution in [0.25, 0.3) is 10.9 Å². The number of methoxy groups -OCH3 is 1. The fourth-order valence-corrected chi connectivity index (χ4v) is 2.85. The molecule has 1 unspecified atom stereocenters. The van der Waals surface area contributed by atoms with E-state index in [0.29, 0.717) is 8.79 Å². The third-order valence-corrected chi connectivity index (χ3v) is 4.27. The van der Waals surface area contributed by atoms with E-state index in [-0.39, 0.29) is 12.2 Å². The number of aromatic nitrogens is 1. The molecule has 1 aromatic carbocycles. The number of nitrogens with two attached hydrogens (primary N) is 1. The van der Waals surface area contributed by atoms with Crippen molar-refractivity contribution in [2.24, 2.45) is 5.73 Å². The number of aromatic amines is 1. The Kier molecular flexibility index (Phi) is 4.06. The molecule has 7 heteroatoms. The molecule has 0 aliphatic heterocycles. The number of aliphatic carboxylic acids is 1. The zero-order valence-electron chi connectivity index (χ0n) is 10.0. The first-order valence-corrected chi connectivity index (χ1v) is 6.93. The Labute approximate surface area is 123 Å². The van der Waals surface area contributed by atoms with Gasteiger partial charge in [-0.3, -0.25) is 0 Å². The average molecular weight is 461 g/mol. The van der Waals surface area contributed by atoms with Gasteiger partial charge in [-0.25, -0.2) is 0 Å². The van der Waals surface area contributed by atoms with Crippen molar-refractivity contribution >= 4 is 20.1 Å². The number of H-pyrrole nitrogens is 1. The number of carboxylic acids is 1. The van der Waals surface area contributed by atoms with E-state index < -0.39 is 17.8 Å². The van der Waals surface area contributed by atoms with Crippen LogP contribution in [0, 0.1) is 30.5 Å². The van der Waals surface area contributed by atoms with Crippen LogP contribution in [0.4, 0.5) is 4.39 Å². The van der Waals surface area contributed by atoms with Crippen LogP contribution in [-0.4, -0.2) is 29.2 Å². The fraction of sp³-hybridized carbons (Fsp3) is 0.250. The Morgan fingerprint density at radius 2 is 2.37 bits per heavy atom. The number of hydrogen-bond acceptors (Lipinski definition) is 3. The third kappa shape index (κ3) is 2.58. The molecule has 0 amide bonds. The van der Waals surface area contributed by atoms with Crippen molar-refractivity contribution in [3.63, 3.8) is 0 Å². The number of ether oxygens (including phenoxy) is 1. The van der Waals surface area contributed by atoms with Crippen LogP contribution in [0.2, 0.25) is 0 Å². The van der Waals surface area contributed by atoms with Gasteiger partial charge in [-0.2, -0.15) is 0 Å². The number of rotatable bonds is 4. The molecule has 0 fully saturated rings. The van der Waals surface area contributed by atoms with Crippen molar-refractivity contribution < 1.29 is 43.7 Å². The molecule has 0 saturated carbocycles. The Bertz CT molecular complexity index is 641. The van der Waals surface area contributed by atoms with Gasteiger partial charge in [0, 0.05) is 0 Å². The molecule has 1 heterocycles. The summed E-state index contributed by atoms with van der Waals surface area (Å²) in [4.78, 5) is 13.8. The van der Waals surface area contributed by atoms with Gasteiger partial charge >= 0.3 is 124 Å². The van der Waals surface area contributed by atoms with Crippen molar-refractivity contribution in [2.75, 3.05) is 7.11 Å². The van der Waals surface area contributed by atoms with E-state index in [4.69, 9.17) is 15.6 Å². The van der Waals surface area contributed by atoms with E-state index in [0.717, 1.165) is 10.9 Å². The Morgan fingerprint density at radius 1 is 1.68 bits per heavy atom. The molecule has 1 atom stereocenters. The SMILES string of the molecule is COc1cc2c(CC(N)C(=O)O)c[nH]c2c([At])c1F. The van der Waals surface area contributed by atoms with Crippen molar-refractivity contribution in [3.05, 3.63) is 23.6 Å². The summed E-state index contributed by atoms with van der Waals surface area (Å²) < 4.78 is 19.4. The topological polar surface area (TPSA) is 88.3 Å². The molecular formula is C12H12AtFN2O3. The summed E-state index contributed by atoms with van der Waals surface area (Å²) in [6, 6.07) is 0.577. The van der Waals surface area contributed by atoms with Crippen LogP contribution in [0.3, 0.4) is 0 Å². The summed E-state index contributed by atoms with van der Waals surface area (Å²) in [5.41, 5.74) is 6.91. The van der Waals surface area contributed by atoms with Gasteiger partial charge in [0.05, 0.1) is 0 Å². The van der Waals surface area contributed by atoms with Crippen molar-refractivity contribution in [2.45, 2.75) is 12.5 Å². The average Bonchev–Trinajstić information content (AvgIpc) is 2.76. The molecule has 5 nitrogen and oxygen atoms in total. The second kappa shape index (κ2) is 5.43. The molecule has 4 N–H and O–H groups in total. The number of nitrogens with one attached hydrogen (secondary N) is 1. The second-order valence-corrected chi connectivity index (χ2v) is 5.56. The number of hydrogen-bond donors (Lipinski definition) is 3. The van der Waals surface area contributed by atoms with Gasteiger partial charge in [0.1, 0.15) is 0 Å². The van der Waals surface area contributed by atoms with Gasteiger partial charge in [-0.15, -0.1) is 0 Å². The van der Waals surface area contributed by atoms with Gasteiger partial charge in [-0.1, -0.05) is 0 Å². The Morgan fingerprint density at radius 3 is 2.95 bits per heavy atom. The number of carbonyl (C=O) groups is 1. The molecule has 0 bridgehead atoms. The Hall–Kier alpha value is -1.20. The zero-order chi connectivity index (χ0) is 14.2. The van der Waals surface area contributed by atoms with Gasteiger partial charge in [0.2, 0.25) is 0 Å². The minimum atomic E-state index is -1.07. The minimum absolute atomic E-state index is 0.148. The standard InChI is InChI=1S/C12H12AtFN2O3/c1-19-8-3-6-5(2-7(15)12(17)18)4-16-11(6)9(13)10(8)14/h3-4,7,16H,2,15H2,1H3,(H,17,18). The number of benzene rings is 1. The van der Waals surface area contributed by atoms with Gasteiger partial charge in [-0.05, 0) is 0 Å². The first-order valence-electron chi connectivity index (χ1n) is 5.46. The van der Waals surface area contributed by atoms with E-state index >= 15 is 0 Å². The first-order chi connectivity index (χ1) is 8.95. The summed E-state index contributed by atoms with van der Waals surface area (Å²) in [6.07, 6.45) is 1.84. The fourth-order valence-electron chi connectivity index (χ4n) is 1.88.